The predicted molar refractivity (Wildman–Crippen MR) is 185 cm³/mol. The molecular weight excluding hydrogens is 913 g/mol. The molecule has 1 aromatic heterocycles. The second-order valence-electron chi connectivity index (χ2n) is 14.1. The van der Waals surface area contributed by atoms with Crippen molar-refractivity contribution < 1.29 is 97.2 Å². The molecule has 0 spiro atoms. The summed E-state index contributed by atoms with van der Waals surface area (Å²) in [4.78, 5) is 12.1. The SMILES string of the molecule is CC(C)Cc1cc[n+](CC(=O)c2ccccc2)cc1.Fc1c(F)c(F)c([B-](c2c(F)c(F)c(F)c(F)c2F)(c2c(F)c(F)c(F)c(F)c2F)c2c(F)c(F)c(F)c(F)c2F)c(F)c1F. The molecule has 0 atom stereocenters. The summed E-state index contributed by atoms with van der Waals surface area (Å²) in [6.45, 7) is 4.81. The van der Waals surface area contributed by atoms with Crippen LogP contribution in [0.25, 0.3) is 0 Å². The maximum Gasteiger partial charge on any atom is 0.227 e. The lowest BCUT2D eigenvalue weighted by Crippen LogP contribution is -2.81. The minimum Gasteiger partial charge on any atom is -0.287 e. The van der Waals surface area contributed by atoms with Gasteiger partial charge in [-0.2, -0.15) is 4.57 Å². The first kappa shape index (κ1) is 48.6. The van der Waals surface area contributed by atoms with E-state index >= 15 is 35.1 Å². The molecule has 0 fully saturated rings. The van der Waals surface area contributed by atoms with E-state index in [1.165, 1.54) is 5.56 Å². The number of halogens is 20. The minimum absolute atomic E-state index is 0.141. The first-order valence-electron chi connectivity index (χ1n) is 17.6. The maximum atomic E-state index is 15.4. The van der Waals surface area contributed by atoms with Gasteiger partial charge in [-0.1, -0.05) is 44.2 Å². The number of carbonyl (C=O) groups is 1. The van der Waals surface area contributed by atoms with E-state index in [2.05, 4.69) is 26.0 Å². The molecule has 64 heavy (non-hydrogen) atoms. The first-order valence-corrected chi connectivity index (χ1v) is 17.6. The molecule has 0 bridgehead atoms. The van der Waals surface area contributed by atoms with Gasteiger partial charge in [-0.3, -0.25) is 4.79 Å². The lowest BCUT2D eigenvalue weighted by molar-refractivity contribution is -0.683. The Morgan fingerprint density at radius 2 is 0.656 bits per heavy atom. The Labute approximate surface area is 345 Å². The van der Waals surface area contributed by atoms with E-state index < -0.39 is 144 Å². The average Bonchev–Trinajstić information content (AvgIpc) is 3.27. The highest BCUT2D eigenvalue weighted by atomic mass is 19.2. The Kier molecular flexibility index (Phi) is 13.9. The third-order valence-corrected chi connectivity index (χ3v) is 9.73. The maximum absolute atomic E-state index is 15.4. The van der Waals surface area contributed by atoms with E-state index in [-0.39, 0.29) is 5.78 Å². The Morgan fingerprint density at radius 3 is 0.906 bits per heavy atom. The molecule has 0 saturated carbocycles. The van der Waals surface area contributed by atoms with Crippen molar-refractivity contribution in [2.24, 2.45) is 5.92 Å². The molecule has 1 heterocycles. The molecule has 338 valence electrons. The van der Waals surface area contributed by atoms with E-state index in [1.54, 1.807) is 0 Å². The summed E-state index contributed by atoms with van der Waals surface area (Å²) in [5, 5.41) is 0. The van der Waals surface area contributed by atoms with Crippen LogP contribution < -0.4 is 26.4 Å². The zero-order valence-corrected chi connectivity index (χ0v) is 31.7. The number of hydrogen-bond donors (Lipinski definition) is 0. The summed E-state index contributed by atoms with van der Waals surface area (Å²) in [6.07, 6.45) is -2.17. The zero-order chi connectivity index (χ0) is 48.0. The zero-order valence-electron chi connectivity index (χ0n) is 31.7. The molecule has 0 radical (unpaired) electrons. The van der Waals surface area contributed by atoms with Crippen molar-refractivity contribution in [1.29, 1.82) is 0 Å². The Balaban J connectivity index is 0.000000337. The highest BCUT2D eigenvalue weighted by Gasteiger charge is 2.52. The van der Waals surface area contributed by atoms with Gasteiger partial charge in [0.25, 0.3) is 0 Å². The molecule has 6 aromatic rings. The van der Waals surface area contributed by atoms with Crippen LogP contribution in [0.1, 0.15) is 29.8 Å². The summed E-state index contributed by atoms with van der Waals surface area (Å²) in [6, 6.07) is 13.6. The van der Waals surface area contributed by atoms with Gasteiger partial charge in [0.1, 0.15) is 52.7 Å². The number of aromatic nitrogens is 1. The fourth-order valence-corrected chi connectivity index (χ4v) is 6.96. The van der Waals surface area contributed by atoms with Crippen LogP contribution in [0.2, 0.25) is 0 Å². The molecule has 6 rings (SSSR count). The molecule has 0 unspecified atom stereocenters. The van der Waals surface area contributed by atoms with E-state index in [1.807, 2.05) is 47.3 Å². The van der Waals surface area contributed by atoms with Gasteiger partial charge in [-0.05, 0) is 17.9 Å². The third kappa shape index (κ3) is 8.03. The average molecular weight is 933 g/mol. The van der Waals surface area contributed by atoms with Crippen LogP contribution in [0, 0.1) is 122 Å². The number of hydrogen-bond acceptors (Lipinski definition) is 1. The standard InChI is InChI=1S/C24BF20.C17H20NO/c26-5-1(6(27)14(35)21(42)13(5)34)25(2-7(28)15(36)22(43)16(37)8(2)29,3-9(30)17(38)23(44)18(39)10(3)31)4-11(32)19(40)24(45)20(41)12(4)33;1-14(2)12-15-8-10-18(11-9-15)13-17(19)16-6-4-3-5-7-16/h;3-11,14H,12-13H2,1-2H3/q-1;+1. The van der Waals surface area contributed by atoms with Crippen LogP contribution in [0.5, 0.6) is 0 Å². The highest BCUT2D eigenvalue weighted by molar-refractivity contribution is 7.20. The van der Waals surface area contributed by atoms with Crippen LogP contribution in [-0.4, -0.2) is 11.9 Å². The third-order valence-electron chi connectivity index (χ3n) is 9.73. The molecule has 2 nitrogen and oxygen atoms in total. The van der Waals surface area contributed by atoms with E-state index in [9.17, 15) is 57.5 Å². The number of ketones is 1. The minimum atomic E-state index is -7.22. The Bertz CT molecular complexity index is 2440. The monoisotopic (exact) mass is 933 g/mol. The number of pyridine rings is 1. The van der Waals surface area contributed by atoms with Gasteiger partial charge in [0.05, 0.1) is 0 Å². The number of benzene rings is 5. The largest absolute Gasteiger partial charge is 0.287 e. The van der Waals surface area contributed by atoms with Crippen LogP contribution in [-0.2, 0) is 13.0 Å². The topological polar surface area (TPSA) is 20.9 Å². The highest BCUT2D eigenvalue weighted by Crippen LogP contribution is 2.30. The van der Waals surface area contributed by atoms with E-state index in [4.69, 9.17) is 0 Å². The van der Waals surface area contributed by atoms with Crippen LogP contribution in [0.4, 0.5) is 87.8 Å². The molecule has 0 aliphatic rings. The molecule has 0 N–H and O–H groups in total. The van der Waals surface area contributed by atoms with E-state index in [0.717, 1.165) is 12.0 Å². The van der Waals surface area contributed by atoms with Crippen molar-refractivity contribution in [2.45, 2.75) is 26.8 Å². The van der Waals surface area contributed by atoms with Gasteiger partial charge < -0.3 is 0 Å². The van der Waals surface area contributed by atoms with Crippen molar-refractivity contribution in [3.8, 4) is 0 Å². The number of rotatable bonds is 9. The van der Waals surface area contributed by atoms with Gasteiger partial charge in [-0.15, -0.1) is 21.9 Å². The second kappa shape index (κ2) is 18.4. The fraction of sp³-hybridized carbons (Fsp3) is 0.122. The van der Waals surface area contributed by atoms with Gasteiger partial charge in [0, 0.05) is 17.7 Å². The van der Waals surface area contributed by atoms with Gasteiger partial charge in [-0.25, -0.2) is 87.8 Å². The molecular formula is C41H20BF20NO. The van der Waals surface area contributed by atoms with Crippen molar-refractivity contribution in [1.82, 2.24) is 0 Å². The predicted octanol–water partition coefficient (Wildman–Crippen LogP) is 8.90. The van der Waals surface area contributed by atoms with Crippen LogP contribution in [0.15, 0.2) is 54.9 Å². The van der Waals surface area contributed by atoms with Crippen molar-refractivity contribution >= 4 is 33.8 Å². The Hall–Kier alpha value is -6.42. The van der Waals surface area contributed by atoms with Crippen LogP contribution >= 0.6 is 0 Å². The normalized spacial score (nSPS) is 11.6. The number of Topliss-reactive ketones (excluding diaryl/α,β-unsaturated/α-hetero) is 1. The molecule has 5 aromatic carbocycles. The lowest BCUT2D eigenvalue weighted by atomic mass is 9.12. The molecule has 0 aliphatic heterocycles. The first-order chi connectivity index (χ1) is 29.8. The fourth-order valence-electron chi connectivity index (χ4n) is 6.96. The second-order valence-corrected chi connectivity index (χ2v) is 14.1. The Morgan fingerprint density at radius 1 is 0.406 bits per heavy atom. The van der Waals surface area contributed by atoms with E-state index in [0.29, 0.717) is 12.5 Å². The quantitative estimate of drug-likeness (QED) is 0.0355. The number of carbonyl (C=O) groups excluding carboxylic acids is 1. The van der Waals surface area contributed by atoms with Crippen molar-refractivity contribution in [3.63, 3.8) is 0 Å². The summed E-state index contributed by atoms with van der Waals surface area (Å²) in [5.41, 5.74) is -12.2. The summed E-state index contributed by atoms with van der Waals surface area (Å²) in [5.74, 6) is -70.6. The summed E-state index contributed by atoms with van der Waals surface area (Å²) in [7, 11) is 0. The van der Waals surface area contributed by atoms with Crippen molar-refractivity contribution in [3.05, 3.63) is 182 Å². The molecule has 0 amide bonds. The molecule has 0 aliphatic carbocycles. The van der Waals surface area contributed by atoms with Gasteiger partial charge in [0.15, 0.2) is 82.2 Å². The molecule has 0 saturated heterocycles. The summed E-state index contributed by atoms with van der Waals surface area (Å²) >= 11 is 0. The summed E-state index contributed by atoms with van der Waals surface area (Å²) < 4.78 is 296. The smallest absolute Gasteiger partial charge is 0.227 e. The molecule has 23 heteroatoms. The van der Waals surface area contributed by atoms with Gasteiger partial charge in [0.2, 0.25) is 12.3 Å². The van der Waals surface area contributed by atoms with Gasteiger partial charge >= 0.3 is 0 Å². The van der Waals surface area contributed by atoms with Crippen molar-refractivity contribution in [2.75, 3.05) is 0 Å². The van der Waals surface area contributed by atoms with Crippen LogP contribution in [0.3, 0.4) is 0 Å². The lowest BCUT2D eigenvalue weighted by Gasteiger charge is -2.44. The number of nitrogens with zero attached hydrogens (tertiary/aromatic N) is 1.